The molecule has 48 heavy (non-hydrogen) atoms. The summed E-state index contributed by atoms with van der Waals surface area (Å²) in [5.74, 6) is -0.379. The molecule has 1 amide bonds. The number of nitrogens with zero attached hydrogens (tertiary/aromatic N) is 1. The molecule has 6 atom stereocenters. The van der Waals surface area contributed by atoms with Crippen molar-refractivity contribution in [3.05, 3.63) is 95.3 Å². The van der Waals surface area contributed by atoms with Gasteiger partial charge in [-0.2, -0.15) is 0 Å². The number of carbonyl (C=O) groups is 2. The molecule has 0 spiro atoms. The minimum absolute atomic E-state index is 0.0659. The van der Waals surface area contributed by atoms with Gasteiger partial charge in [-0.15, -0.1) is 0 Å². The molecule has 2 saturated heterocycles. The highest BCUT2D eigenvalue weighted by atomic mass is 19.1. The summed E-state index contributed by atoms with van der Waals surface area (Å²) in [6.07, 6.45) is -3.90. The molecular formula is C37H44FNO9. The van der Waals surface area contributed by atoms with Gasteiger partial charge in [0.05, 0.1) is 24.7 Å². The Morgan fingerprint density at radius 1 is 0.938 bits per heavy atom. The Hall–Kier alpha value is -3.87. The van der Waals surface area contributed by atoms with Gasteiger partial charge < -0.3 is 39.5 Å². The maximum atomic E-state index is 14.1. The number of amides is 1. The van der Waals surface area contributed by atoms with E-state index in [1.807, 2.05) is 24.3 Å². The van der Waals surface area contributed by atoms with E-state index in [1.54, 1.807) is 62.1 Å². The monoisotopic (exact) mass is 665 g/mol. The van der Waals surface area contributed by atoms with Crippen molar-refractivity contribution in [2.75, 3.05) is 24.7 Å². The highest BCUT2D eigenvalue weighted by Crippen LogP contribution is 2.43. The predicted molar refractivity (Wildman–Crippen MR) is 175 cm³/mol. The molecule has 2 fully saturated rings. The Morgan fingerprint density at radius 3 is 2.17 bits per heavy atom. The van der Waals surface area contributed by atoms with Crippen molar-refractivity contribution >= 4 is 17.6 Å². The Balaban J connectivity index is 1.32. The third kappa shape index (κ3) is 7.40. The second-order valence-electron chi connectivity index (χ2n) is 13.0. The molecule has 3 aromatic carbocycles. The number of β-lactam (4-membered cyclic amide) rings is 1. The van der Waals surface area contributed by atoms with Crippen molar-refractivity contribution in [1.82, 2.24) is 0 Å². The van der Waals surface area contributed by atoms with E-state index in [9.17, 15) is 34.4 Å². The number of aryl methyl sites for hydroxylation is 1. The molecule has 258 valence electrons. The van der Waals surface area contributed by atoms with Gasteiger partial charge in [-0.05, 0) is 93.1 Å². The largest absolute Gasteiger partial charge is 0.476 e. The third-order valence-electron chi connectivity index (χ3n) is 9.29. The molecule has 0 aliphatic carbocycles. The van der Waals surface area contributed by atoms with Crippen molar-refractivity contribution < 1.29 is 48.6 Å². The number of aliphatic hydroxyl groups excluding tert-OH is 4. The molecule has 4 N–H and O–H groups in total. The van der Waals surface area contributed by atoms with Gasteiger partial charge in [0.1, 0.15) is 36.0 Å². The number of anilines is 1. The lowest BCUT2D eigenvalue weighted by Gasteiger charge is -2.49. The molecule has 0 radical (unpaired) electrons. The van der Waals surface area contributed by atoms with Crippen LogP contribution in [-0.4, -0.2) is 88.2 Å². The van der Waals surface area contributed by atoms with Crippen LogP contribution in [0.2, 0.25) is 0 Å². The molecule has 0 aromatic heterocycles. The second kappa shape index (κ2) is 14.7. The van der Waals surface area contributed by atoms with Crippen molar-refractivity contribution in [2.24, 2.45) is 0 Å². The Labute approximate surface area is 279 Å². The van der Waals surface area contributed by atoms with Crippen LogP contribution in [0.3, 0.4) is 0 Å². The molecule has 2 aliphatic rings. The van der Waals surface area contributed by atoms with E-state index in [0.717, 1.165) is 16.7 Å². The van der Waals surface area contributed by atoms with Crippen LogP contribution in [0.25, 0.3) is 0 Å². The minimum Gasteiger partial charge on any atom is -0.476 e. The van der Waals surface area contributed by atoms with Crippen molar-refractivity contribution in [1.29, 1.82) is 0 Å². The van der Waals surface area contributed by atoms with E-state index in [4.69, 9.17) is 14.2 Å². The van der Waals surface area contributed by atoms with Crippen molar-refractivity contribution in [3.8, 4) is 5.75 Å². The van der Waals surface area contributed by atoms with Gasteiger partial charge in [-0.3, -0.25) is 4.79 Å². The highest BCUT2D eigenvalue weighted by Gasteiger charge is 2.53. The van der Waals surface area contributed by atoms with Gasteiger partial charge >= 0.3 is 5.97 Å². The maximum absolute atomic E-state index is 14.1. The summed E-state index contributed by atoms with van der Waals surface area (Å²) in [7, 11) is 0. The topological polar surface area (TPSA) is 146 Å². The summed E-state index contributed by atoms with van der Waals surface area (Å²) in [4.78, 5) is 28.1. The zero-order valence-electron chi connectivity index (χ0n) is 27.4. The standard InChI is InChI=1S/C37H44FNO9/c1-4-46-35(45)36(2,3)48-28-17-15-27(16-18-28)39-22-37(34(39)44,19-5-6-23-9-13-26(38)14-10-23)25-11-7-24(8-12-25)20-29-31(41)33(43)32(42)30(21-40)47-29/h7-18,29-33,40-43H,4-6,19-22H2,1-3H3/t29-,30-,31+,32-,33-,37-/m1/s1. The summed E-state index contributed by atoms with van der Waals surface area (Å²) >= 11 is 0. The summed E-state index contributed by atoms with van der Waals surface area (Å²) in [5, 5.41) is 40.3. The van der Waals surface area contributed by atoms with E-state index in [0.29, 0.717) is 37.2 Å². The molecule has 2 heterocycles. The predicted octanol–water partition coefficient (Wildman–Crippen LogP) is 3.24. The number of carbonyl (C=O) groups excluding carboxylic acids is 2. The van der Waals surface area contributed by atoms with E-state index >= 15 is 0 Å². The Kier molecular flexibility index (Phi) is 10.9. The number of esters is 1. The van der Waals surface area contributed by atoms with Crippen LogP contribution >= 0.6 is 0 Å². The number of hydrogen-bond acceptors (Lipinski definition) is 9. The molecule has 3 aromatic rings. The Bertz CT molecular complexity index is 1540. The number of hydrogen-bond donors (Lipinski definition) is 4. The molecule has 11 heteroatoms. The van der Waals surface area contributed by atoms with Gasteiger partial charge in [0.25, 0.3) is 0 Å². The molecular weight excluding hydrogens is 621 g/mol. The van der Waals surface area contributed by atoms with Crippen LogP contribution in [0.5, 0.6) is 5.75 Å². The SMILES string of the molecule is CCOC(=O)C(C)(C)Oc1ccc(N2C[C@](CCCc3ccc(F)cc3)(c3ccc(C[C@H]4O[C@H](CO)[C@@H](O)[C@H](O)[C@H]4O)cc3)C2=O)cc1. The van der Waals surface area contributed by atoms with Crippen molar-refractivity contribution in [3.63, 3.8) is 0 Å². The lowest BCUT2D eigenvalue weighted by Crippen LogP contribution is -2.64. The third-order valence-corrected chi connectivity index (χ3v) is 9.29. The van der Waals surface area contributed by atoms with E-state index in [2.05, 4.69) is 0 Å². The van der Waals surface area contributed by atoms with Crippen LogP contribution in [-0.2, 0) is 37.3 Å². The smallest absolute Gasteiger partial charge is 0.349 e. The van der Waals surface area contributed by atoms with Crippen LogP contribution in [0.1, 0.15) is 50.3 Å². The number of aliphatic hydroxyl groups is 4. The lowest BCUT2D eigenvalue weighted by atomic mass is 9.68. The van der Waals surface area contributed by atoms with Crippen molar-refractivity contribution in [2.45, 2.75) is 88.0 Å². The summed E-state index contributed by atoms with van der Waals surface area (Å²) in [5.41, 5.74) is 1.30. The second-order valence-corrected chi connectivity index (χ2v) is 13.0. The van der Waals surface area contributed by atoms with E-state index < -0.39 is 54.1 Å². The average molecular weight is 666 g/mol. The first kappa shape index (κ1) is 35.4. The number of halogens is 1. The number of rotatable bonds is 13. The molecule has 0 saturated carbocycles. The van der Waals surface area contributed by atoms with Gasteiger partial charge in [-0.25, -0.2) is 9.18 Å². The van der Waals surface area contributed by atoms with Crippen LogP contribution < -0.4 is 9.64 Å². The van der Waals surface area contributed by atoms with Gasteiger partial charge in [0.2, 0.25) is 5.91 Å². The van der Waals surface area contributed by atoms with Crippen LogP contribution in [0, 0.1) is 5.82 Å². The summed E-state index contributed by atoms with van der Waals surface area (Å²) in [6.45, 7) is 5.17. The minimum atomic E-state index is -1.45. The first-order chi connectivity index (χ1) is 22.9. The quantitative estimate of drug-likeness (QED) is 0.160. The van der Waals surface area contributed by atoms with Gasteiger partial charge in [0, 0.05) is 18.7 Å². The zero-order chi connectivity index (χ0) is 34.6. The Morgan fingerprint density at radius 2 is 1.56 bits per heavy atom. The number of ether oxygens (including phenoxy) is 3. The zero-order valence-corrected chi connectivity index (χ0v) is 27.4. The summed E-state index contributed by atoms with van der Waals surface area (Å²) < 4.78 is 30.1. The first-order valence-electron chi connectivity index (χ1n) is 16.3. The molecule has 10 nitrogen and oxygen atoms in total. The van der Waals surface area contributed by atoms with Gasteiger partial charge in [0.15, 0.2) is 5.60 Å². The fourth-order valence-corrected chi connectivity index (χ4v) is 6.45. The summed E-state index contributed by atoms with van der Waals surface area (Å²) in [6, 6.07) is 20.8. The fraction of sp³-hybridized carbons (Fsp3) is 0.459. The fourth-order valence-electron chi connectivity index (χ4n) is 6.45. The molecule has 2 aliphatic heterocycles. The normalized spacial score (nSPS) is 25.8. The van der Waals surface area contributed by atoms with E-state index in [-0.39, 0.29) is 24.8 Å². The lowest BCUT2D eigenvalue weighted by molar-refractivity contribution is -0.228. The number of benzene rings is 3. The van der Waals surface area contributed by atoms with Crippen LogP contribution in [0.15, 0.2) is 72.8 Å². The van der Waals surface area contributed by atoms with Crippen LogP contribution in [0.4, 0.5) is 10.1 Å². The molecule has 0 unspecified atom stereocenters. The maximum Gasteiger partial charge on any atom is 0.349 e. The van der Waals surface area contributed by atoms with E-state index in [1.165, 1.54) is 12.1 Å². The van der Waals surface area contributed by atoms with Gasteiger partial charge in [-0.1, -0.05) is 36.4 Å². The molecule has 0 bridgehead atoms. The first-order valence-corrected chi connectivity index (χ1v) is 16.3. The molecule has 5 rings (SSSR count). The highest BCUT2D eigenvalue weighted by molar-refractivity contribution is 6.08. The average Bonchev–Trinajstić information content (AvgIpc) is 3.08.